The fourth-order valence-electron chi connectivity index (χ4n) is 1.07. The largest absolute Gasteiger partial charge is 0.479 e. The van der Waals surface area contributed by atoms with Crippen molar-refractivity contribution in [3.8, 4) is 0 Å². The maximum atomic E-state index is 10.6. The Balaban J connectivity index is 2.47. The van der Waals surface area contributed by atoms with Gasteiger partial charge in [-0.3, -0.25) is 0 Å². The molecule has 1 unspecified atom stereocenters. The van der Waals surface area contributed by atoms with Crippen LogP contribution >= 0.6 is 0 Å². The minimum Gasteiger partial charge on any atom is -0.479 e. The number of carbonyl (C=O) groups is 1. The predicted octanol–water partition coefficient (Wildman–Crippen LogP) is 0.766. The van der Waals surface area contributed by atoms with Crippen LogP contribution < -0.4 is 5.32 Å². The first kappa shape index (κ1) is 11.7. The standard InChI is InChI=1S/C10H15NO4/c1-7(8-4-3-5-15-8)11-6-10(2,14)9(12)13/h3-5,7,11,14H,6H2,1-2H3,(H,12,13)/t7-,10?/m0/s1. The molecule has 0 aromatic carbocycles. The van der Waals surface area contributed by atoms with E-state index in [0.29, 0.717) is 5.76 Å². The summed E-state index contributed by atoms with van der Waals surface area (Å²) in [6, 6.07) is 3.40. The first-order valence-corrected chi connectivity index (χ1v) is 4.66. The second-order valence-corrected chi connectivity index (χ2v) is 3.70. The normalized spacial score (nSPS) is 17.0. The van der Waals surface area contributed by atoms with E-state index < -0.39 is 11.6 Å². The molecule has 0 amide bonds. The molecule has 0 bridgehead atoms. The number of carboxylic acid groups (broad SMARTS) is 1. The van der Waals surface area contributed by atoms with Gasteiger partial charge in [0.25, 0.3) is 0 Å². The molecule has 0 saturated carbocycles. The average Bonchev–Trinajstić information content (AvgIpc) is 2.66. The van der Waals surface area contributed by atoms with Crippen LogP contribution in [0.1, 0.15) is 25.6 Å². The molecule has 0 spiro atoms. The van der Waals surface area contributed by atoms with Gasteiger partial charge < -0.3 is 19.9 Å². The van der Waals surface area contributed by atoms with Gasteiger partial charge in [-0.2, -0.15) is 0 Å². The summed E-state index contributed by atoms with van der Waals surface area (Å²) in [5.41, 5.74) is -1.76. The van der Waals surface area contributed by atoms with E-state index in [0.717, 1.165) is 0 Å². The third-order valence-electron chi connectivity index (χ3n) is 2.18. The summed E-state index contributed by atoms with van der Waals surface area (Å²) in [6.07, 6.45) is 1.54. The van der Waals surface area contributed by atoms with Crippen LogP contribution in [0.3, 0.4) is 0 Å². The molecule has 0 aliphatic rings. The van der Waals surface area contributed by atoms with Crippen molar-refractivity contribution in [2.45, 2.75) is 25.5 Å². The lowest BCUT2D eigenvalue weighted by Gasteiger charge is -2.20. The van der Waals surface area contributed by atoms with Gasteiger partial charge in [-0.05, 0) is 26.0 Å². The lowest BCUT2D eigenvalue weighted by molar-refractivity contribution is -0.156. The number of aliphatic carboxylic acids is 1. The molecule has 0 aliphatic heterocycles. The highest BCUT2D eigenvalue weighted by Gasteiger charge is 2.30. The van der Waals surface area contributed by atoms with E-state index in [1.807, 2.05) is 6.92 Å². The molecule has 0 radical (unpaired) electrons. The fourth-order valence-corrected chi connectivity index (χ4v) is 1.07. The molecular formula is C10H15NO4. The van der Waals surface area contributed by atoms with Gasteiger partial charge in [-0.25, -0.2) is 4.79 Å². The van der Waals surface area contributed by atoms with E-state index in [9.17, 15) is 9.90 Å². The predicted molar refractivity (Wildman–Crippen MR) is 53.4 cm³/mol. The van der Waals surface area contributed by atoms with Gasteiger partial charge in [-0.15, -0.1) is 0 Å². The topological polar surface area (TPSA) is 82.7 Å². The zero-order chi connectivity index (χ0) is 11.5. The Morgan fingerprint density at radius 3 is 2.87 bits per heavy atom. The quantitative estimate of drug-likeness (QED) is 0.672. The van der Waals surface area contributed by atoms with Crippen molar-refractivity contribution in [1.29, 1.82) is 0 Å². The number of aliphatic hydroxyl groups is 1. The van der Waals surface area contributed by atoms with Crippen molar-refractivity contribution in [3.05, 3.63) is 24.2 Å². The van der Waals surface area contributed by atoms with Crippen LogP contribution in [0.4, 0.5) is 0 Å². The summed E-state index contributed by atoms with van der Waals surface area (Å²) in [5.74, 6) is -0.544. The maximum absolute atomic E-state index is 10.6. The van der Waals surface area contributed by atoms with E-state index >= 15 is 0 Å². The minimum atomic E-state index is -1.76. The second kappa shape index (κ2) is 4.46. The zero-order valence-electron chi connectivity index (χ0n) is 8.73. The van der Waals surface area contributed by atoms with Gasteiger partial charge in [0.05, 0.1) is 12.3 Å². The molecule has 0 aliphatic carbocycles. The Bertz CT molecular complexity index is 318. The lowest BCUT2D eigenvalue weighted by Crippen LogP contribution is -2.45. The van der Waals surface area contributed by atoms with Crippen molar-refractivity contribution in [2.75, 3.05) is 6.54 Å². The third kappa shape index (κ3) is 3.07. The molecule has 0 saturated heterocycles. The Labute approximate surface area is 87.7 Å². The summed E-state index contributed by atoms with van der Waals surface area (Å²) in [4.78, 5) is 10.6. The third-order valence-corrected chi connectivity index (χ3v) is 2.18. The molecule has 0 fully saturated rings. The molecule has 1 rings (SSSR count). The van der Waals surface area contributed by atoms with E-state index in [1.165, 1.54) is 6.92 Å². The van der Waals surface area contributed by atoms with Crippen LogP contribution in [0, 0.1) is 0 Å². The highest BCUT2D eigenvalue weighted by atomic mass is 16.4. The molecule has 5 heteroatoms. The molecule has 1 heterocycles. The Morgan fingerprint density at radius 2 is 2.40 bits per heavy atom. The lowest BCUT2D eigenvalue weighted by atomic mass is 10.1. The molecule has 84 valence electrons. The summed E-state index contributed by atoms with van der Waals surface area (Å²) in [6.45, 7) is 3.04. The Hall–Kier alpha value is -1.33. The first-order valence-electron chi connectivity index (χ1n) is 4.66. The van der Waals surface area contributed by atoms with Crippen LogP contribution in [0.25, 0.3) is 0 Å². The number of furan rings is 1. The molecule has 1 aromatic rings. The SMILES string of the molecule is C[C@H](NCC(C)(O)C(=O)O)c1ccco1. The average molecular weight is 213 g/mol. The van der Waals surface area contributed by atoms with Gasteiger partial charge in [0.2, 0.25) is 0 Å². The number of hydrogen-bond donors (Lipinski definition) is 3. The van der Waals surface area contributed by atoms with E-state index in [2.05, 4.69) is 5.32 Å². The van der Waals surface area contributed by atoms with Crippen LogP contribution in [0.15, 0.2) is 22.8 Å². The van der Waals surface area contributed by atoms with E-state index in [-0.39, 0.29) is 12.6 Å². The molecule has 3 N–H and O–H groups in total. The van der Waals surface area contributed by atoms with Gasteiger partial charge in [-0.1, -0.05) is 0 Å². The number of hydrogen-bond acceptors (Lipinski definition) is 4. The molecule has 5 nitrogen and oxygen atoms in total. The fraction of sp³-hybridized carbons (Fsp3) is 0.500. The van der Waals surface area contributed by atoms with Gasteiger partial charge in [0, 0.05) is 6.54 Å². The van der Waals surface area contributed by atoms with Crippen molar-refractivity contribution in [2.24, 2.45) is 0 Å². The van der Waals surface area contributed by atoms with Gasteiger partial charge in [0.1, 0.15) is 5.76 Å². The van der Waals surface area contributed by atoms with Crippen molar-refractivity contribution in [1.82, 2.24) is 5.32 Å². The Morgan fingerprint density at radius 1 is 1.73 bits per heavy atom. The second-order valence-electron chi connectivity index (χ2n) is 3.70. The van der Waals surface area contributed by atoms with Crippen LogP contribution in [0.2, 0.25) is 0 Å². The highest BCUT2D eigenvalue weighted by Crippen LogP contribution is 2.13. The molecule has 15 heavy (non-hydrogen) atoms. The summed E-state index contributed by atoms with van der Waals surface area (Å²) >= 11 is 0. The van der Waals surface area contributed by atoms with Crippen molar-refractivity contribution < 1.29 is 19.4 Å². The smallest absolute Gasteiger partial charge is 0.336 e. The first-order chi connectivity index (χ1) is 6.93. The van der Waals surface area contributed by atoms with Gasteiger partial charge in [0.15, 0.2) is 5.60 Å². The Kier molecular flexibility index (Phi) is 3.49. The van der Waals surface area contributed by atoms with E-state index in [1.54, 1.807) is 18.4 Å². The maximum Gasteiger partial charge on any atom is 0.336 e. The number of carboxylic acids is 1. The van der Waals surface area contributed by atoms with Gasteiger partial charge >= 0.3 is 5.97 Å². The number of rotatable bonds is 5. The minimum absolute atomic E-state index is 0.0375. The monoisotopic (exact) mass is 213 g/mol. The summed E-state index contributed by atoms with van der Waals surface area (Å²) in [7, 11) is 0. The van der Waals surface area contributed by atoms with E-state index in [4.69, 9.17) is 9.52 Å². The molecule has 1 aromatic heterocycles. The summed E-state index contributed by atoms with van der Waals surface area (Å²) in [5, 5.41) is 21.0. The van der Waals surface area contributed by atoms with Crippen LogP contribution in [-0.4, -0.2) is 28.3 Å². The van der Waals surface area contributed by atoms with Crippen molar-refractivity contribution in [3.63, 3.8) is 0 Å². The van der Waals surface area contributed by atoms with Crippen LogP contribution in [-0.2, 0) is 4.79 Å². The number of nitrogens with one attached hydrogen (secondary N) is 1. The highest BCUT2D eigenvalue weighted by molar-refractivity contribution is 5.76. The molecule has 2 atom stereocenters. The molecular weight excluding hydrogens is 198 g/mol. The van der Waals surface area contributed by atoms with Crippen LogP contribution in [0.5, 0.6) is 0 Å². The van der Waals surface area contributed by atoms with Crippen molar-refractivity contribution >= 4 is 5.97 Å². The zero-order valence-corrected chi connectivity index (χ0v) is 8.73. The summed E-state index contributed by atoms with van der Waals surface area (Å²) < 4.78 is 5.13.